The van der Waals surface area contributed by atoms with E-state index in [0.717, 1.165) is 12.8 Å². The zero-order valence-corrected chi connectivity index (χ0v) is 10.7. The molecule has 1 N–H and O–H groups in total. The van der Waals surface area contributed by atoms with Crippen molar-refractivity contribution in [3.8, 4) is 0 Å². The molecule has 0 saturated heterocycles. The fraction of sp³-hybridized carbons (Fsp3) is 0.846. The molecule has 0 aromatic carbocycles. The molecule has 1 saturated carbocycles. The van der Waals surface area contributed by atoms with E-state index in [1.807, 2.05) is 0 Å². The third-order valence-corrected chi connectivity index (χ3v) is 3.18. The highest BCUT2D eigenvalue weighted by Gasteiger charge is 2.16. The van der Waals surface area contributed by atoms with Gasteiger partial charge in [0.1, 0.15) is 6.54 Å². The van der Waals surface area contributed by atoms with E-state index in [0.29, 0.717) is 18.9 Å². The molecule has 0 atom stereocenters. The Morgan fingerprint density at radius 3 is 2.41 bits per heavy atom. The highest BCUT2D eigenvalue weighted by Crippen LogP contribution is 2.25. The van der Waals surface area contributed by atoms with Crippen molar-refractivity contribution >= 4 is 11.9 Å². The van der Waals surface area contributed by atoms with Crippen LogP contribution in [0.25, 0.3) is 0 Å². The average molecular weight is 241 g/mol. The maximum Gasteiger partial charge on any atom is 0.325 e. The van der Waals surface area contributed by atoms with Crippen molar-refractivity contribution in [3.05, 3.63) is 0 Å². The van der Waals surface area contributed by atoms with Crippen LogP contribution in [0.2, 0.25) is 0 Å². The van der Waals surface area contributed by atoms with E-state index < -0.39 is 0 Å². The molecule has 1 amide bonds. The zero-order valence-electron chi connectivity index (χ0n) is 10.7. The van der Waals surface area contributed by atoms with E-state index in [2.05, 4.69) is 5.32 Å². The van der Waals surface area contributed by atoms with Crippen molar-refractivity contribution in [1.82, 2.24) is 5.32 Å². The summed E-state index contributed by atoms with van der Waals surface area (Å²) < 4.78 is 4.75. The quantitative estimate of drug-likeness (QED) is 0.592. The SMILES string of the molecule is CCOC(=O)CNC(=O)CC1CCCCCC1. The number of amides is 1. The Bertz CT molecular complexity index is 245. The molecule has 1 rings (SSSR count). The molecule has 4 heteroatoms. The summed E-state index contributed by atoms with van der Waals surface area (Å²) in [6, 6.07) is 0. The number of hydrogen-bond acceptors (Lipinski definition) is 3. The van der Waals surface area contributed by atoms with E-state index in [1.54, 1.807) is 6.92 Å². The van der Waals surface area contributed by atoms with Gasteiger partial charge in [-0.1, -0.05) is 25.7 Å². The monoisotopic (exact) mass is 241 g/mol. The zero-order chi connectivity index (χ0) is 12.5. The van der Waals surface area contributed by atoms with Gasteiger partial charge in [-0.05, 0) is 25.7 Å². The summed E-state index contributed by atoms with van der Waals surface area (Å²) in [5, 5.41) is 2.62. The van der Waals surface area contributed by atoms with Gasteiger partial charge >= 0.3 is 5.97 Å². The number of hydrogen-bond donors (Lipinski definition) is 1. The van der Waals surface area contributed by atoms with E-state index >= 15 is 0 Å². The highest BCUT2D eigenvalue weighted by molar-refractivity contribution is 5.81. The molecule has 0 radical (unpaired) electrons. The van der Waals surface area contributed by atoms with Crippen molar-refractivity contribution in [2.75, 3.05) is 13.2 Å². The van der Waals surface area contributed by atoms with Crippen LogP contribution >= 0.6 is 0 Å². The molecule has 1 aliphatic rings. The second-order valence-electron chi connectivity index (χ2n) is 4.64. The molecule has 1 aliphatic carbocycles. The maximum absolute atomic E-state index is 11.6. The van der Waals surface area contributed by atoms with Crippen molar-refractivity contribution in [3.63, 3.8) is 0 Å². The summed E-state index contributed by atoms with van der Waals surface area (Å²) in [6.07, 6.45) is 7.90. The fourth-order valence-electron chi connectivity index (χ4n) is 2.29. The van der Waals surface area contributed by atoms with Gasteiger partial charge in [-0.25, -0.2) is 0 Å². The fourth-order valence-corrected chi connectivity index (χ4v) is 2.29. The number of rotatable bonds is 5. The summed E-state index contributed by atoms with van der Waals surface area (Å²) in [5.74, 6) is 0.117. The van der Waals surface area contributed by atoms with E-state index in [1.165, 1.54) is 25.7 Å². The number of ether oxygens (including phenoxy) is 1. The van der Waals surface area contributed by atoms with Gasteiger partial charge in [-0.3, -0.25) is 9.59 Å². The lowest BCUT2D eigenvalue weighted by Crippen LogP contribution is -2.31. The van der Waals surface area contributed by atoms with Crippen molar-refractivity contribution in [2.24, 2.45) is 5.92 Å². The summed E-state index contributed by atoms with van der Waals surface area (Å²) in [5.41, 5.74) is 0. The van der Waals surface area contributed by atoms with Crippen molar-refractivity contribution in [1.29, 1.82) is 0 Å². The van der Waals surface area contributed by atoms with Crippen LogP contribution in [0.3, 0.4) is 0 Å². The molecule has 0 aromatic rings. The maximum atomic E-state index is 11.6. The van der Waals surface area contributed by atoms with Gasteiger partial charge in [0.05, 0.1) is 6.61 Å². The molecular formula is C13H23NO3. The standard InChI is InChI=1S/C13H23NO3/c1-2-17-13(16)10-14-12(15)9-11-7-5-3-4-6-8-11/h11H,2-10H2,1H3,(H,14,15). The number of carbonyl (C=O) groups excluding carboxylic acids is 2. The van der Waals surface area contributed by atoms with Crippen LogP contribution in [-0.4, -0.2) is 25.0 Å². The van der Waals surface area contributed by atoms with Gasteiger partial charge in [0.25, 0.3) is 0 Å². The van der Waals surface area contributed by atoms with Crippen LogP contribution in [0.4, 0.5) is 0 Å². The predicted molar refractivity (Wildman–Crippen MR) is 65.5 cm³/mol. The lowest BCUT2D eigenvalue weighted by Gasteiger charge is -2.13. The second kappa shape index (κ2) is 8.09. The Hall–Kier alpha value is -1.06. The highest BCUT2D eigenvalue weighted by atomic mass is 16.5. The molecular weight excluding hydrogens is 218 g/mol. The normalized spacial score (nSPS) is 17.2. The third kappa shape index (κ3) is 6.29. The van der Waals surface area contributed by atoms with Crippen LogP contribution in [-0.2, 0) is 14.3 Å². The first-order valence-electron chi connectivity index (χ1n) is 6.64. The molecule has 1 fully saturated rings. The van der Waals surface area contributed by atoms with E-state index in [4.69, 9.17) is 4.74 Å². The van der Waals surface area contributed by atoms with Crippen LogP contribution in [0.5, 0.6) is 0 Å². The first kappa shape index (κ1) is 14.0. The van der Waals surface area contributed by atoms with Gasteiger partial charge in [0, 0.05) is 6.42 Å². The summed E-state index contributed by atoms with van der Waals surface area (Å²) >= 11 is 0. The van der Waals surface area contributed by atoms with Crippen molar-refractivity contribution < 1.29 is 14.3 Å². The number of nitrogens with one attached hydrogen (secondary N) is 1. The average Bonchev–Trinajstić information content (AvgIpc) is 2.55. The van der Waals surface area contributed by atoms with Crippen LogP contribution < -0.4 is 5.32 Å². The van der Waals surface area contributed by atoms with Gasteiger partial charge in [0.2, 0.25) is 5.91 Å². The molecule has 0 heterocycles. The van der Waals surface area contributed by atoms with Gasteiger partial charge < -0.3 is 10.1 Å². The van der Waals surface area contributed by atoms with Crippen LogP contribution in [0, 0.1) is 5.92 Å². The number of esters is 1. The minimum absolute atomic E-state index is 0.000602. The molecule has 4 nitrogen and oxygen atoms in total. The Labute approximate surface area is 103 Å². The van der Waals surface area contributed by atoms with Gasteiger partial charge in [-0.15, -0.1) is 0 Å². The van der Waals surface area contributed by atoms with Crippen LogP contribution in [0.1, 0.15) is 51.9 Å². The minimum Gasteiger partial charge on any atom is -0.465 e. The first-order chi connectivity index (χ1) is 8.22. The Morgan fingerprint density at radius 2 is 1.82 bits per heavy atom. The van der Waals surface area contributed by atoms with E-state index in [-0.39, 0.29) is 18.4 Å². The molecule has 0 unspecified atom stereocenters. The molecule has 98 valence electrons. The molecule has 0 aliphatic heterocycles. The van der Waals surface area contributed by atoms with Crippen LogP contribution in [0.15, 0.2) is 0 Å². The number of carbonyl (C=O) groups is 2. The van der Waals surface area contributed by atoms with Gasteiger partial charge in [0.15, 0.2) is 0 Å². The minimum atomic E-state index is -0.360. The largest absolute Gasteiger partial charge is 0.465 e. The van der Waals surface area contributed by atoms with E-state index in [9.17, 15) is 9.59 Å². The molecule has 0 aromatic heterocycles. The Balaban J connectivity index is 2.17. The van der Waals surface area contributed by atoms with Gasteiger partial charge in [-0.2, -0.15) is 0 Å². The smallest absolute Gasteiger partial charge is 0.325 e. The summed E-state index contributed by atoms with van der Waals surface area (Å²) in [7, 11) is 0. The summed E-state index contributed by atoms with van der Waals surface area (Å²) in [6.45, 7) is 2.11. The molecule has 17 heavy (non-hydrogen) atoms. The van der Waals surface area contributed by atoms with Crippen molar-refractivity contribution in [2.45, 2.75) is 51.9 Å². The predicted octanol–water partition coefficient (Wildman–Crippen LogP) is 2.03. The Morgan fingerprint density at radius 1 is 1.18 bits per heavy atom. The molecule has 0 spiro atoms. The lowest BCUT2D eigenvalue weighted by molar-refractivity contribution is -0.143. The second-order valence-corrected chi connectivity index (χ2v) is 4.64. The first-order valence-corrected chi connectivity index (χ1v) is 6.64. The Kier molecular flexibility index (Phi) is 6.67. The topological polar surface area (TPSA) is 55.4 Å². The summed E-state index contributed by atoms with van der Waals surface area (Å²) in [4.78, 5) is 22.7. The molecule has 0 bridgehead atoms. The third-order valence-electron chi connectivity index (χ3n) is 3.18. The lowest BCUT2D eigenvalue weighted by atomic mass is 9.96.